The van der Waals surface area contributed by atoms with Crippen LogP contribution in [0.3, 0.4) is 0 Å². The van der Waals surface area contributed by atoms with E-state index in [2.05, 4.69) is 18.9 Å². The lowest BCUT2D eigenvalue weighted by molar-refractivity contribution is -0.000397. The maximum absolute atomic E-state index is 10.2. The molecular weight excluding hydrogens is 210 g/mol. The second kappa shape index (κ2) is 6.19. The maximum atomic E-state index is 10.2. The summed E-state index contributed by atoms with van der Waals surface area (Å²) < 4.78 is 0. The molecule has 2 saturated carbocycles. The van der Waals surface area contributed by atoms with E-state index in [4.69, 9.17) is 0 Å². The van der Waals surface area contributed by atoms with Gasteiger partial charge in [-0.3, -0.25) is 4.90 Å². The van der Waals surface area contributed by atoms with Crippen LogP contribution in [0.1, 0.15) is 64.7 Å². The molecule has 4 atom stereocenters. The number of aliphatic hydroxyl groups excluding tert-OH is 1. The largest absolute Gasteiger partial charge is 0.391 e. The molecule has 100 valence electrons. The summed E-state index contributed by atoms with van der Waals surface area (Å²) in [5.74, 6) is 0.928. The Balaban J connectivity index is 1.91. The predicted octanol–water partition coefficient (Wildman–Crippen LogP) is 3.19. The van der Waals surface area contributed by atoms with Gasteiger partial charge >= 0.3 is 0 Å². The van der Waals surface area contributed by atoms with Crippen LogP contribution in [0.15, 0.2) is 0 Å². The van der Waals surface area contributed by atoms with Gasteiger partial charge in [0.05, 0.1) is 6.10 Å². The van der Waals surface area contributed by atoms with Gasteiger partial charge in [-0.1, -0.05) is 39.0 Å². The van der Waals surface area contributed by atoms with E-state index in [9.17, 15) is 5.11 Å². The van der Waals surface area contributed by atoms with Crippen molar-refractivity contribution in [2.45, 2.75) is 82.9 Å². The minimum absolute atomic E-state index is 0.0734. The van der Waals surface area contributed by atoms with E-state index in [1.54, 1.807) is 0 Å². The lowest BCUT2D eigenvalue weighted by atomic mass is 9.82. The standard InChI is InChI=1S/C15H29NO/c1-3-12-7-6-8-13(11-12)16(2)14-9-4-5-10-15(14)17/h12-15,17H,3-11H2,1-2H3. The first-order valence-corrected chi connectivity index (χ1v) is 7.62. The molecule has 2 heteroatoms. The monoisotopic (exact) mass is 239 g/mol. The van der Waals surface area contributed by atoms with E-state index >= 15 is 0 Å². The molecule has 0 aliphatic heterocycles. The third-order valence-electron chi connectivity index (χ3n) is 5.13. The lowest BCUT2D eigenvalue weighted by Gasteiger charge is -2.43. The zero-order valence-electron chi connectivity index (χ0n) is 11.6. The Morgan fingerprint density at radius 3 is 2.53 bits per heavy atom. The molecule has 0 aromatic carbocycles. The van der Waals surface area contributed by atoms with Crippen LogP contribution in [0.2, 0.25) is 0 Å². The molecule has 1 N–H and O–H groups in total. The second-order valence-electron chi connectivity index (χ2n) is 6.18. The topological polar surface area (TPSA) is 23.5 Å². The second-order valence-corrected chi connectivity index (χ2v) is 6.18. The molecule has 2 nitrogen and oxygen atoms in total. The Labute approximate surface area is 106 Å². The number of nitrogens with zero attached hydrogens (tertiary/aromatic N) is 1. The predicted molar refractivity (Wildman–Crippen MR) is 72.1 cm³/mol. The molecule has 0 aromatic rings. The van der Waals surface area contributed by atoms with E-state index in [1.807, 2.05) is 0 Å². The van der Waals surface area contributed by atoms with Crippen LogP contribution in [-0.4, -0.2) is 35.2 Å². The normalized spacial score (nSPS) is 39.5. The average Bonchev–Trinajstić information content (AvgIpc) is 2.38. The summed E-state index contributed by atoms with van der Waals surface area (Å²) in [5, 5.41) is 10.2. The Morgan fingerprint density at radius 2 is 1.82 bits per heavy atom. The minimum Gasteiger partial charge on any atom is -0.391 e. The summed E-state index contributed by atoms with van der Waals surface area (Å²) in [6.07, 6.45) is 11.5. The van der Waals surface area contributed by atoms with Crippen molar-refractivity contribution < 1.29 is 5.11 Å². The van der Waals surface area contributed by atoms with Crippen LogP contribution >= 0.6 is 0 Å². The fourth-order valence-electron chi connectivity index (χ4n) is 3.84. The maximum Gasteiger partial charge on any atom is 0.0695 e. The summed E-state index contributed by atoms with van der Waals surface area (Å²) >= 11 is 0. The lowest BCUT2D eigenvalue weighted by Crippen LogP contribution is -2.49. The summed E-state index contributed by atoms with van der Waals surface area (Å²) in [5.41, 5.74) is 0. The van der Waals surface area contributed by atoms with Gasteiger partial charge in [0.25, 0.3) is 0 Å². The minimum atomic E-state index is -0.0734. The van der Waals surface area contributed by atoms with Gasteiger partial charge in [0.15, 0.2) is 0 Å². The molecule has 0 radical (unpaired) electrons. The summed E-state index contributed by atoms with van der Waals surface area (Å²) in [4.78, 5) is 2.52. The molecule has 2 rings (SSSR count). The van der Waals surface area contributed by atoms with Gasteiger partial charge in [0, 0.05) is 12.1 Å². The van der Waals surface area contributed by atoms with Crippen LogP contribution in [0.4, 0.5) is 0 Å². The van der Waals surface area contributed by atoms with Gasteiger partial charge in [0.2, 0.25) is 0 Å². The molecule has 4 unspecified atom stereocenters. The third-order valence-corrected chi connectivity index (χ3v) is 5.13. The Morgan fingerprint density at radius 1 is 1.06 bits per heavy atom. The molecule has 2 aliphatic carbocycles. The quantitative estimate of drug-likeness (QED) is 0.817. The van der Waals surface area contributed by atoms with E-state index < -0.39 is 0 Å². The number of hydrogen-bond donors (Lipinski definition) is 1. The highest BCUT2D eigenvalue weighted by atomic mass is 16.3. The average molecular weight is 239 g/mol. The fourth-order valence-corrected chi connectivity index (χ4v) is 3.84. The molecule has 0 heterocycles. The summed E-state index contributed by atoms with van der Waals surface area (Å²) in [7, 11) is 2.25. The van der Waals surface area contributed by atoms with Crippen molar-refractivity contribution in [3.05, 3.63) is 0 Å². The molecule has 0 amide bonds. The van der Waals surface area contributed by atoms with Crippen molar-refractivity contribution in [1.29, 1.82) is 0 Å². The number of aliphatic hydroxyl groups is 1. The van der Waals surface area contributed by atoms with Gasteiger partial charge in [-0.15, -0.1) is 0 Å². The highest BCUT2D eigenvalue weighted by Gasteiger charge is 2.32. The van der Waals surface area contributed by atoms with E-state index in [-0.39, 0.29) is 6.10 Å². The smallest absolute Gasteiger partial charge is 0.0695 e. The van der Waals surface area contributed by atoms with Crippen molar-refractivity contribution in [2.24, 2.45) is 5.92 Å². The summed E-state index contributed by atoms with van der Waals surface area (Å²) in [6.45, 7) is 2.32. The number of hydrogen-bond acceptors (Lipinski definition) is 2. The van der Waals surface area contributed by atoms with Crippen molar-refractivity contribution >= 4 is 0 Å². The first-order chi connectivity index (χ1) is 8.22. The van der Waals surface area contributed by atoms with Crippen LogP contribution in [0.5, 0.6) is 0 Å². The van der Waals surface area contributed by atoms with E-state index in [0.717, 1.165) is 18.4 Å². The van der Waals surface area contributed by atoms with Crippen molar-refractivity contribution in [3.63, 3.8) is 0 Å². The van der Waals surface area contributed by atoms with Crippen LogP contribution < -0.4 is 0 Å². The molecule has 17 heavy (non-hydrogen) atoms. The Kier molecular flexibility index (Phi) is 4.87. The first kappa shape index (κ1) is 13.4. The Hall–Kier alpha value is -0.0800. The van der Waals surface area contributed by atoms with Crippen LogP contribution in [-0.2, 0) is 0 Å². The van der Waals surface area contributed by atoms with E-state index in [1.165, 1.54) is 51.4 Å². The molecule has 0 spiro atoms. The van der Waals surface area contributed by atoms with Gasteiger partial charge in [0.1, 0.15) is 0 Å². The third kappa shape index (κ3) is 3.23. The Bertz CT molecular complexity index is 231. The fraction of sp³-hybridized carbons (Fsp3) is 1.00. The van der Waals surface area contributed by atoms with Crippen molar-refractivity contribution in [3.8, 4) is 0 Å². The first-order valence-electron chi connectivity index (χ1n) is 7.62. The molecule has 0 bridgehead atoms. The number of rotatable bonds is 3. The van der Waals surface area contributed by atoms with E-state index in [0.29, 0.717) is 6.04 Å². The van der Waals surface area contributed by atoms with Crippen molar-refractivity contribution in [2.75, 3.05) is 7.05 Å². The zero-order valence-corrected chi connectivity index (χ0v) is 11.6. The van der Waals surface area contributed by atoms with Crippen LogP contribution in [0.25, 0.3) is 0 Å². The highest BCUT2D eigenvalue weighted by Crippen LogP contribution is 2.32. The molecule has 2 aliphatic rings. The van der Waals surface area contributed by atoms with Gasteiger partial charge in [-0.05, 0) is 38.6 Å². The molecule has 2 fully saturated rings. The van der Waals surface area contributed by atoms with Crippen molar-refractivity contribution in [1.82, 2.24) is 4.90 Å². The van der Waals surface area contributed by atoms with Gasteiger partial charge < -0.3 is 5.11 Å². The van der Waals surface area contributed by atoms with Gasteiger partial charge in [-0.2, -0.15) is 0 Å². The summed E-state index contributed by atoms with van der Waals surface area (Å²) in [6, 6.07) is 1.16. The van der Waals surface area contributed by atoms with Crippen LogP contribution in [0, 0.1) is 5.92 Å². The van der Waals surface area contributed by atoms with Gasteiger partial charge in [-0.25, -0.2) is 0 Å². The molecule has 0 aromatic heterocycles. The SMILES string of the molecule is CCC1CCCC(N(C)C2CCCCC2O)C1. The molecule has 0 saturated heterocycles. The zero-order chi connectivity index (χ0) is 12.3. The molecular formula is C15H29NO. The number of likely N-dealkylation sites (N-methyl/N-ethyl adjacent to an activating group) is 1. The highest BCUT2D eigenvalue weighted by molar-refractivity contribution is 4.87.